The Kier molecular flexibility index (Phi) is 4.66. The first-order chi connectivity index (χ1) is 8.06. The summed E-state index contributed by atoms with van der Waals surface area (Å²) in [5.41, 5.74) is 5.27. The summed E-state index contributed by atoms with van der Waals surface area (Å²) >= 11 is 0. The average molecular weight is 240 g/mol. The first-order valence-corrected chi connectivity index (χ1v) is 6.11. The molecular weight excluding hydrogens is 220 g/mol. The van der Waals surface area contributed by atoms with Gasteiger partial charge in [-0.2, -0.15) is 0 Å². The third-order valence-electron chi connectivity index (χ3n) is 3.40. The Morgan fingerprint density at radius 3 is 2.65 bits per heavy atom. The van der Waals surface area contributed by atoms with E-state index in [9.17, 15) is 14.4 Å². The number of likely N-dealkylation sites (tertiary alicyclic amines) is 1. The summed E-state index contributed by atoms with van der Waals surface area (Å²) in [4.78, 5) is 35.7. The molecule has 17 heavy (non-hydrogen) atoms. The van der Waals surface area contributed by atoms with Crippen LogP contribution in [-0.2, 0) is 14.4 Å². The number of primary amides is 1. The minimum atomic E-state index is -0.594. The minimum Gasteiger partial charge on any atom is -0.368 e. The van der Waals surface area contributed by atoms with Gasteiger partial charge in [-0.05, 0) is 18.8 Å². The molecule has 0 saturated carbocycles. The number of hydrogen-bond acceptors (Lipinski definition) is 3. The standard InChI is InChI=1S/C12H20N2O3/c1-3-5-8-6-14(10(4-2)11(13)16)12(17)9(8)7-15/h7-10H,3-6H2,1-2H3,(H2,13,16)/t8-,9?,10-/m0/s1. The van der Waals surface area contributed by atoms with Crippen LogP contribution in [0.5, 0.6) is 0 Å². The van der Waals surface area contributed by atoms with Gasteiger partial charge in [-0.1, -0.05) is 20.3 Å². The second-order valence-electron chi connectivity index (χ2n) is 4.53. The molecule has 0 bridgehead atoms. The van der Waals surface area contributed by atoms with Crippen LogP contribution in [0.4, 0.5) is 0 Å². The van der Waals surface area contributed by atoms with E-state index in [2.05, 4.69) is 0 Å². The Bertz CT molecular complexity index is 317. The highest BCUT2D eigenvalue weighted by molar-refractivity contribution is 5.96. The van der Waals surface area contributed by atoms with Crippen LogP contribution < -0.4 is 5.73 Å². The molecule has 0 radical (unpaired) electrons. The molecule has 1 aliphatic heterocycles. The van der Waals surface area contributed by atoms with Gasteiger partial charge in [0.15, 0.2) is 0 Å². The van der Waals surface area contributed by atoms with Gasteiger partial charge in [-0.15, -0.1) is 0 Å². The van der Waals surface area contributed by atoms with Crippen molar-refractivity contribution >= 4 is 18.1 Å². The van der Waals surface area contributed by atoms with E-state index in [0.29, 0.717) is 19.3 Å². The molecule has 5 heteroatoms. The van der Waals surface area contributed by atoms with Crippen molar-refractivity contribution < 1.29 is 14.4 Å². The van der Waals surface area contributed by atoms with Crippen molar-refractivity contribution in [3.63, 3.8) is 0 Å². The van der Waals surface area contributed by atoms with Gasteiger partial charge < -0.3 is 15.4 Å². The van der Waals surface area contributed by atoms with Crippen LogP contribution in [0, 0.1) is 11.8 Å². The summed E-state index contributed by atoms with van der Waals surface area (Å²) in [5.74, 6) is -1.31. The summed E-state index contributed by atoms with van der Waals surface area (Å²) < 4.78 is 0. The molecule has 0 aliphatic carbocycles. The van der Waals surface area contributed by atoms with Crippen molar-refractivity contribution in [3.8, 4) is 0 Å². The van der Waals surface area contributed by atoms with Gasteiger partial charge in [0.1, 0.15) is 12.3 Å². The maximum absolute atomic E-state index is 12.0. The lowest BCUT2D eigenvalue weighted by Crippen LogP contribution is -2.45. The van der Waals surface area contributed by atoms with E-state index in [-0.39, 0.29) is 11.8 Å². The number of hydrogen-bond donors (Lipinski definition) is 1. The minimum absolute atomic E-state index is 0.0263. The van der Waals surface area contributed by atoms with E-state index < -0.39 is 17.9 Å². The maximum atomic E-state index is 12.0. The summed E-state index contributed by atoms with van der Waals surface area (Å²) in [6, 6.07) is -0.577. The quantitative estimate of drug-likeness (QED) is 0.536. The van der Waals surface area contributed by atoms with Gasteiger partial charge >= 0.3 is 0 Å². The number of carbonyl (C=O) groups is 3. The molecule has 1 heterocycles. The summed E-state index contributed by atoms with van der Waals surface area (Å²) in [5, 5.41) is 0. The Morgan fingerprint density at radius 2 is 2.24 bits per heavy atom. The molecule has 5 nitrogen and oxygen atoms in total. The van der Waals surface area contributed by atoms with E-state index >= 15 is 0 Å². The summed E-state index contributed by atoms with van der Waals surface area (Å²) in [7, 11) is 0. The van der Waals surface area contributed by atoms with Crippen molar-refractivity contribution in [2.45, 2.75) is 39.2 Å². The van der Waals surface area contributed by atoms with E-state index in [0.717, 1.165) is 12.8 Å². The highest BCUT2D eigenvalue weighted by Gasteiger charge is 2.43. The number of carbonyl (C=O) groups excluding carboxylic acids is 3. The third kappa shape index (κ3) is 2.65. The fraction of sp³-hybridized carbons (Fsp3) is 0.750. The second kappa shape index (κ2) is 5.80. The van der Waals surface area contributed by atoms with Crippen LogP contribution in [0.15, 0.2) is 0 Å². The van der Waals surface area contributed by atoms with Gasteiger partial charge in [-0.25, -0.2) is 0 Å². The Hall–Kier alpha value is -1.39. The maximum Gasteiger partial charge on any atom is 0.240 e. The molecule has 3 atom stereocenters. The molecule has 0 spiro atoms. The van der Waals surface area contributed by atoms with Crippen molar-refractivity contribution in [1.29, 1.82) is 0 Å². The SMILES string of the molecule is CCC[C@H]1CN([C@@H](CC)C(N)=O)C(=O)C1C=O. The lowest BCUT2D eigenvalue weighted by molar-refractivity contribution is -0.139. The third-order valence-corrected chi connectivity index (χ3v) is 3.40. The number of amides is 2. The predicted octanol–water partition coefficient (Wildman–Crippen LogP) is 0.324. The average Bonchev–Trinajstić information content (AvgIpc) is 2.57. The molecule has 0 aromatic heterocycles. The van der Waals surface area contributed by atoms with Crippen LogP contribution in [0.1, 0.15) is 33.1 Å². The molecule has 1 aliphatic rings. The molecule has 1 saturated heterocycles. The molecule has 1 rings (SSSR count). The second-order valence-corrected chi connectivity index (χ2v) is 4.53. The van der Waals surface area contributed by atoms with Gasteiger partial charge in [0, 0.05) is 6.54 Å². The van der Waals surface area contributed by atoms with Crippen molar-refractivity contribution in [2.24, 2.45) is 17.6 Å². The predicted molar refractivity (Wildman–Crippen MR) is 62.9 cm³/mol. The topological polar surface area (TPSA) is 80.5 Å². The van der Waals surface area contributed by atoms with Crippen molar-refractivity contribution in [2.75, 3.05) is 6.54 Å². The van der Waals surface area contributed by atoms with Crippen LogP contribution in [0.25, 0.3) is 0 Å². The van der Waals surface area contributed by atoms with Crippen molar-refractivity contribution in [1.82, 2.24) is 4.90 Å². The molecule has 0 aromatic carbocycles. The summed E-state index contributed by atoms with van der Waals surface area (Å²) in [6.45, 7) is 4.30. The molecule has 2 amide bonds. The zero-order valence-corrected chi connectivity index (χ0v) is 10.4. The fourth-order valence-electron chi connectivity index (χ4n) is 2.52. The Morgan fingerprint density at radius 1 is 1.59 bits per heavy atom. The normalized spacial score (nSPS) is 26.0. The Labute approximate surface area is 101 Å². The van der Waals surface area contributed by atoms with E-state index in [4.69, 9.17) is 5.73 Å². The highest BCUT2D eigenvalue weighted by Crippen LogP contribution is 2.29. The number of aldehydes is 1. The first kappa shape index (κ1) is 13.7. The van der Waals surface area contributed by atoms with E-state index in [1.54, 1.807) is 0 Å². The van der Waals surface area contributed by atoms with Crippen LogP contribution >= 0.6 is 0 Å². The van der Waals surface area contributed by atoms with E-state index in [1.165, 1.54) is 4.90 Å². The number of rotatable bonds is 6. The summed E-state index contributed by atoms with van der Waals surface area (Å²) in [6.07, 6.45) is 2.94. The van der Waals surface area contributed by atoms with Crippen LogP contribution in [-0.4, -0.2) is 35.6 Å². The molecule has 2 N–H and O–H groups in total. The van der Waals surface area contributed by atoms with Gasteiger partial charge in [-0.3, -0.25) is 9.59 Å². The monoisotopic (exact) mass is 240 g/mol. The Balaban J connectivity index is 2.86. The molecular formula is C12H20N2O3. The zero-order valence-electron chi connectivity index (χ0n) is 10.4. The highest BCUT2D eigenvalue weighted by atomic mass is 16.2. The van der Waals surface area contributed by atoms with Crippen LogP contribution in [0.2, 0.25) is 0 Å². The van der Waals surface area contributed by atoms with E-state index in [1.807, 2.05) is 13.8 Å². The smallest absolute Gasteiger partial charge is 0.240 e. The number of nitrogens with two attached hydrogens (primary N) is 1. The lowest BCUT2D eigenvalue weighted by Gasteiger charge is -2.24. The molecule has 0 aromatic rings. The lowest BCUT2D eigenvalue weighted by atomic mass is 9.93. The molecule has 1 fully saturated rings. The number of nitrogens with zero attached hydrogens (tertiary/aromatic N) is 1. The molecule has 1 unspecified atom stereocenters. The van der Waals surface area contributed by atoms with Crippen LogP contribution in [0.3, 0.4) is 0 Å². The van der Waals surface area contributed by atoms with Gasteiger partial charge in [0.25, 0.3) is 0 Å². The van der Waals surface area contributed by atoms with Gasteiger partial charge in [0.05, 0.1) is 5.92 Å². The largest absolute Gasteiger partial charge is 0.368 e. The van der Waals surface area contributed by atoms with Gasteiger partial charge in [0.2, 0.25) is 11.8 Å². The van der Waals surface area contributed by atoms with Crippen molar-refractivity contribution in [3.05, 3.63) is 0 Å². The first-order valence-electron chi connectivity index (χ1n) is 6.11. The molecule has 96 valence electrons. The zero-order chi connectivity index (χ0) is 13.0. The fourth-order valence-corrected chi connectivity index (χ4v) is 2.52.